The summed E-state index contributed by atoms with van der Waals surface area (Å²) in [4.78, 5) is 18.0. The second-order valence-corrected chi connectivity index (χ2v) is 10.9. The molecule has 6 nitrogen and oxygen atoms in total. The standard InChI is InChI=1S/C30H22N6S/c1-14(2)30-35-26-19-7-5-17(11-22(19)29-20(8-9-37-29)27(26)36-30)16-4-6-18-21(10-16)23-12-31-32-13-24(23)28-25(18)33-15(3)34-28/h4-14,31H,1-3H3,(H,35,36). The fourth-order valence-electron chi connectivity index (χ4n) is 5.63. The van der Waals surface area contributed by atoms with Crippen LogP contribution in [0.2, 0.25) is 0 Å². The maximum atomic E-state index is 4.97. The molecule has 0 atom stereocenters. The van der Waals surface area contributed by atoms with Crippen LogP contribution < -0.4 is 0 Å². The van der Waals surface area contributed by atoms with Crippen molar-refractivity contribution in [2.75, 3.05) is 0 Å². The SMILES string of the molecule is Cc1nc2c3ccc(-c4ccc5c(c4)c4sccc4c4nc(C(C)C)[nH]c54)cc3c3c[nH]ncc3c2n1. The van der Waals surface area contributed by atoms with Crippen molar-refractivity contribution in [1.82, 2.24) is 30.1 Å². The van der Waals surface area contributed by atoms with Gasteiger partial charge in [0.25, 0.3) is 0 Å². The minimum atomic E-state index is 0.345. The van der Waals surface area contributed by atoms with Crippen molar-refractivity contribution in [3.8, 4) is 11.1 Å². The number of aryl methyl sites for hydroxylation is 1. The number of hydrogen-bond donors (Lipinski definition) is 2. The topological polar surface area (TPSA) is 83.1 Å². The number of nitrogens with zero attached hydrogens (tertiary/aromatic N) is 4. The zero-order chi connectivity index (χ0) is 24.8. The molecule has 0 spiro atoms. The van der Waals surface area contributed by atoms with Gasteiger partial charge in [-0.3, -0.25) is 5.10 Å². The average molecular weight is 499 g/mol. The third-order valence-electron chi connectivity index (χ3n) is 7.41. The molecule has 2 N–H and O–H groups in total. The molecule has 4 aromatic heterocycles. The van der Waals surface area contributed by atoms with Gasteiger partial charge in [0.15, 0.2) is 0 Å². The van der Waals surface area contributed by atoms with Crippen LogP contribution in [0.3, 0.4) is 0 Å². The Morgan fingerprint density at radius 2 is 1.49 bits per heavy atom. The van der Waals surface area contributed by atoms with E-state index < -0.39 is 0 Å². The number of aromatic nitrogens is 6. The van der Waals surface area contributed by atoms with Crippen molar-refractivity contribution >= 4 is 75.8 Å². The summed E-state index contributed by atoms with van der Waals surface area (Å²) in [5.41, 5.74) is 6.38. The Balaban J connectivity index is 1.41. The molecule has 0 bridgehead atoms. The number of rotatable bonds is 2. The molecule has 0 saturated carbocycles. The van der Waals surface area contributed by atoms with Gasteiger partial charge < -0.3 is 4.98 Å². The summed E-state index contributed by atoms with van der Waals surface area (Å²) in [5.74, 6) is 2.16. The highest BCUT2D eigenvalue weighted by Crippen LogP contribution is 2.40. The van der Waals surface area contributed by atoms with Crippen LogP contribution >= 0.6 is 11.3 Å². The Morgan fingerprint density at radius 3 is 2.30 bits per heavy atom. The summed E-state index contributed by atoms with van der Waals surface area (Å²) >= 11 is 1.78. The second-order valence-electron chi connectivity index (χ2n) is 10.0. The summed E-state index contributed by atoms with van der Waals surface area (Å²) in [6.45, 7) is 6.29. The molecule has 0 aliphatic heterocycles. The van der Waals surface area contributed by atoms with Gasteiger partial charge in [0.05, 0.1) is 22.7 Å². The summed E-state index contributed by atoms with van der Waals surface area (Å²) in [5, 5.41) is 17.5. The van der Waals surface area contributed by atoms with Crippen LogP contribution in [0.25, 0.3) is 75.6 Å². The van der Waals surface area contributed by atoms with E-state index in [1.165, 1.54) is 32.0 Å². The molecule has 0 unspecified atom stereocenters. The van der Waals surface area contributed by atoms with Crippen molar-refractivity contribution in [2.45, 2.75) is 26.7 Å². The van der Waals surface area contributed by atoms with Crippen LogP contribution in [0, 0.1) is 6.92 Å². The first-order valence-corrected chi connectivity index (χ1v) is 13.3. The molecule has 0 saturated heterocycles. The van der Waals surface area contributed by atoms with Gasteiger partial charge in [-0.1, -0.05) is 38.1 Å². The Bertz CT molecular complexity index is 2200. The van der Waals surface area contributed by atoms with E-state index in [9.17, 15) is 0 Å². The van der Waals surface area contributed by atoms with E-state index >= 15 is 0 Å². The minimum Gasteiger partial charge on any atom is -0.341 e. The van der Waals surface area contributed by atoms with Crippen molar-refractivity contribution < 1.29 is 0 Å². The lowest BCUT2D eigenvalue weighted by Gasteiger charge is -2.10. The van der Waals surface area contributed by atoms with Crippen LogP contribution in [0.4, 0.5) is 0 Å². The van der Waals surface area contributed by atoms with Gasteiger partial charge in [-0.25, -0.2) is 15.0 Å². The van der Waals surface area contributed by atoms with E-state index in [1.54, 1.807) is 11.3 Å². The fourth-order valence-corrected chi connectivity index (χ4v) is 6.56. The van der Waals surface area contributed by atoms with E-state index in [0.29, 0.717) is 5.92 Å². The molecule has 0 aliphatic rings. The van der Waals surface area contributed by atoms with Gasteiger partial charge in [-0.2, -0.15) is 5.10 Å². The Morgan fingerprint density at radius 1 is 0.730 bits per heavy atom. The predicted molar refractivity (Wildman–Crippen MR) is 153 cm³/mol. The number of imidazole rings is 2. The van der Waals surface area contributed by atoms with Crippen LogP contribution in [0.5, 0.6) is 0 Å². The normalized spacial score (nSPS) is 12.4. The summed E-state index contributed by atoms with van der Waals surface area (Å²) in [6, 6.07) is 15.6. The Hall–Kier alpha value is -4.36. The maximum absolute atomic E-state index is 4.97. The minimum absolute atomic E-state index is 0.345. The van der Waals surface area contributed by atoms with Gasteiger partial charge in [-0.15, -0.1) is 11.3 Å². The molecular formula is C30H22N6S. The van der Waals surface area contributed by atoms with Crippen LogP contribution in [-0.4, -0.2) is 30.1 Å². The fraction of sp³-hybridized carbons (Fsp3) is 0.133. The van der Waals surface area contributed by atoms with Crippen molar-refractivity contribution in [2.24, 2.45) is 0 Å². The number of nitrogens with one attached hydrogen (secondary N) is 2. The molecule has 0 fully saturated rings. The molecular weight excluding hydrogens is 476 g/mol. The number of H-pyrrole nitrogens is 2. The van der Waals surface area contributed by atoms with E-state index in [0.717, 1.165) is 55.3 Å². The largest absolute Gasteiger partial charge is 0.341 e. The molecule has 0 aliphatic carbocycles. The zero-order valence-electron chi connectivity index (χ0n) is 20.5. The number of hydrogen-bond acceptors (Lipinski definition) is 5. The third-order valence-corrected chi connectivity index (χ3v) is 8.36. The molecule has 4 heterocycles. The van der Waals surface area contributed by atoms with Crippen molar-refractivity contribution in [3.05, 3.63) is 71.9 Å². The van der Waals surface area contributed by atoms with Crippen LogP contribution in [0.1, 0.15) is 31.4 Å². The number of aromatic amines is 2. The van der Waals surface area contributed by atoms with Gasteiger partial charge in [0, 0.05) is 49.1 Å². The average Bonchev–Trinajstić information content (AvgIpc) is 3.66. The maximum Gasteiger partial charge on any atom is 0.126 e. The number of thiophene rings is 1. The molecule has 0 radical (unpaired) electrons. The smallest absolute Gasteiger partial charge is 0.126 e. The van der Waals surface area contributed by atoms with E-state index in [1.807, 2.05) is 19.3 Å². The highest BCUT2D eigenvalue weighted by atomic mass is 32.1. The van der Waals surface area contributed by atoms with Crippen molar-refractivity contribution in [3.63, 3.8) is 0 Å². The number of benzene rings is 4. The monoisotopic (exact) mass is 498 g/mol. The van der Waals surface area contributed by atoms with Gasteiger partial charge in [0.1, 0.15) is 17.2 Å². The Labute approximate surface area is 215 Å². The molecule has 178 valence electrons. The first-order valence-electron chi connectivity index (χ1n) is 12.4. The Kier molecular flexibility index (Phi) is 4.12. The van der Waals surface area contributed by atoms with Crippen LogP contribution in [0.15, 0.2) is 60.2 Å². The van der Waals surface area contributed by atoms with Crippen LogP contribution in [-0.2, 0) is 0 Å². The summed E-state index contributed by atoms with van der Waals surface area (Å²) in [6.07, 6.45) is 3.81. The van der Waals surface area contributed by atoms with E-state index in [4.69, 9.17) is 15.0 Å². The van der Waals surface area contributed by atoms with Gasteiger partial charge in [-0.05, 0) is 47.0 Å². The van der Waals surface area contributed by atoms with E-state index in [2.05, 4.69) is 76.9 Å². The number of fused-ring (bicyclic) bond motifs is 12. The summed E-state index contributed by atoms with van der Waals surface area (Å²) in [7, 11) is 0. The third kappa shape index (κ3) is 2.86. The lowest BCUT2D eigenvalue weighted by Crippen LogP contribution is -1.88. The molecule has 37 heavy (non-hydrogen) atoms. The predicted octanol–water partition coefficient (Wildman–Crippen LogP) is 8.00. The molecule has 8 rings (SSSR count). The summed E-state index contributed by atoms with van der Waals surface area (Å²) < 4.78 is 1.28. The van der Waals surface area contributed by atoms with Crippen molar-refractivity contribution in [1.29, 1.82) is 0 Å². The quantitative estimate of drug-likeness (QED) is 0.237. The molecule has 0 amide bonds. The molecule has 4 aromatic carbocycles. The first-order chi connectivity index (χ1) is 18.1. The first kappa shape index (κ1) is 20.8. The highest BCUT2D eigenvalue weighted by molar-refractivity contribution is 7.18. The molecule has 8 aromatic rings. The molecule has 7 heteroatoms. The highest BCUT2D eigenvalue weighted by Gasteiger charge is 2.17. The van der Waals surface area contributed by atoms with Gasteiger partial charge >= 0.3 is 0 Å². The van der Waals surface area contributed by atoms with Gasteiger partial charge in [0.2, 0.25) is 0 Å². The lowest BCUT2D eigenvalue weighted by molar-refractivity contribution is 0.799. The second kappa shape index (κ2) is 7.33. The lowest BCUT2D eigenvalue weighted by atomic mass is 9.95. The zero-order valence-corrected chi connectivity index (χ0v) is 21.4. The van der Waals surface area contributed by atoms with E-state index in [-0.39, 0.29) is 0 Å².